The summed E-state index contributed by atoms with van der Waals surface area (Å²) in [5.41, 5.74) is 4.60. The fraction of sp³-hybridized carbons (Fsp3) is 0.474. The number of nitrogens with zero attached hydrogens (tertiary/aromatic N) is 2. The first kappa shape index (κ1) is 16.7. The van der Waals surface area contributed by atoms with Crippen LogP contribution in [0.2, 0.25) is 0 Å². The Balaban J connectivity index is 1.75. The average Bonchev–Trinajstić information content (AvgIpc) is 3.49. The lowest BCUT2D eigenvalue weighted by molar-refractivity contribution is 0.0695. The van der Waals surface area contributed by atoms with E-state index in [4.69, 9.17) is 5.73 Å². The molecule has 0 unspecified atom stereocenters. The number of benzene rings is 1. The monoisotopic (exact) mass is 375 g/mol. The maximum Gasteiger partial charge on any atom is 0.341 e. The molecule has 2 aliphatic carbocycles. The van der Waals surface area contributed by atoms with Gasteiger partial charge in [-0.15, -0.1) is 0 Å². The van der Waals surface area contributed by atoms with Crippen LogP contribution in [0.4, 0.5) is 14.5 Å². The van der Waals surface area contributed by atoms with Gasteiger partial charge in [-0.25, -0.2) is 13.6 Å². The van der Waals surface area contributed by atoms with Gasteiger partial charge in [-0.1, -0.05) is 0 Å². The fourth-order valence-electron chi connectivity index (χ4n) is 4.45. The van der Waals surface area contributed by atoms with Crippen LogP contribution in [-0.2, 0) is 0 Å². The largest absolute Gasteiger partial charge is 0.477 e. The molecular formula is C19H19F2N3O3. The zero-order valence-corrected chi connectivity index (χ0v) is 14.5. The van der Waals surface area contributed by atoms with Gasteiger partial charge in [0.05, 0.1) is 10.9 Å². The molecule has 2 saturated carbocycles. The zero-order chi connectivity index (χ0) is 19.0. The first-order valence-electron chi connectivity index (χ1n) is 9.17. The lowest BCUT2D eigenvalue weighted by atomic mass is 10.0. The number of rotatable bonds is 3. The van der Waals surface area contributed by atoms with Crippen molar-refractivity contribution in [2.45, 2.75) is 31.3 Å². The smallest absolute Gasteiger partial charge is 0.341 e. The third kappa shape index (κ3) is 2.46. The summed E-state index contributed by atoms with van der Waals surface area (Å²) < 4.78 is 31.9. The molecule has 8 heteroatoms. The Kier molecular flexibility index (Phi) is 3.40. The third-order valence-corrected chi connectivity index (χ3v) is 6.08. The average molecular weight is 375 g/mol. The van der Waals surface area contributed by atoms with Crippen LogP contribution in [0.1, 0.15) is 35.7 Å². The molecule has 0 bridgehead atoms. The van der Waals surface area contributed by atoms with Crippen molar-refractivity contribution in [3.8, 4) is 0 Å². The molecule has 3 atom stereocenters. The summed E-state index contributed by atoms with van der Waals surface area (Å²) in [6.45, 7) is 0.903. The lowest BCUT2D eigenvalue weighted by Crippen LogP contribution is -2.45. The van der Waals surface area contributed by atoms with Gasteiger partial charge in [-0.2, -0.15) is 0 Å². The van der Waals surface area contributed by atoms with Gasteiger partial charge in [0.1, 0.15) is 17.1 Å². The number of carbonyl (C=O) groups is 1. The molecule has 1 saturated heterocycles. The molecule has 142 valence electrons. The van der Waals surface area contributed by atoms with Crippen molar-refractivity contribution in [2.75, 3.05) is 18.0 Å². The minimum Gasteiger partial charge on any atom is -0.477 e. The Hall–Kier alpha value is -2.48. The number of anilines is 1. The van der Waals surface area contributed by atoms with Crippen molar-refractivity contribution in [1.29, 1.82) is 0 Å². The minimum atomic E-state index is -1.40. The SMILES string of the molecule is N[C@@H]1CN(c2c(F)cc3c(=O)c(C(=O)O)cn(C4CC4)c3c2F)C[C@H]2C[C@H]21. The van der Waals surface area contributed by atoms with E-state index in [2.05, 4.69) is 0 Å². The molecule has 5 rings (SSSR count). The van der Waals surface area contributed by atoms with Crippen LogP contribution in [0.25, 0.3) is 10.9 Å². The van der Waals surface area contributed by atoms with Crippen LogP contribution in [0.15, 0.2) is 17.1 Å². The van der Waals surface area contributed by atoms with Crippen molar-refractivity contribution >= 4 is 22.6 Å². The van der Waals surface area contributed by atoms with Crippen LogP contribution >= 0.6 is 0 Å². The summed E-state index contributed by atoms with van der Waals surface area (Å²) in [5.74, 6) is -2.28. The number of nitrogens with two attached hydrogens (primary N) is 1. The number of hydrogen-bond donors (Lipinski definition) is 2. The van der Waals surface area contributed by atoms with E-state index in [-0.39, 0.29) is 28.7 Å². The van der Waals surface area contributed by atoms with Gasteiger partial charge in [0.25, 0.3) is 0 Å². The van der Waals surface area contributed by atoms with E-state index in [1.165, 1.54) is 10.8 Å². The van der Waals surface area contributed by atoms with Crippen molar-refractivity contribution in [1.82, 2.24) is 4.57 Å². The van der Waals surface area contributed by atoms with Gasteiger partial charge in [-0.05, 0) is 37.2 Å². The molecule has 0 spiro atoms. The van der Waals surface area contributed by atoms with E-state index in [1.807, 2.05) is 0 Å². The molecule has 1 aliphatic heterocycles. The lowest BCUT2D eigenvalue weighted by Gasteiger charge is -2.33. The van der Waals surface area contributed by atoms with E-state index in [0.717, 1.165) is 25.3 Å². The highest BCUT2D eigenvalue weighted by atomic mass is 19.1. The summed E-state index contributed by atoms with van der Waals surface area (Å²) in [7, 11) is 0. The number of fused-ring (bicyclic) bond motifs is 2. The number of carboxylic acid groups (broad SMARTS) is 1. The normalized spacial score (nSPS) is 26.9. The molecule has 3 N–H and O–H groups in total. The Morgan fingerprint density at radius 3 is 2.63 bits per heavy atom. The summed E-state index contributed by atoms with van der Waals surface area (Å²) in [6.07, 6.45) is 3.70. The van der Waals surface area contributed by atoms with Crippen LogP contribution in [-0.4, -0.2) is 34.8 Å². The molecule has 1 aromatic carbocycles. The summed E-state index contributed by atoms with van der Waals surface area (Å²) in [4.78, 5) is 25.5. The van der Waals surface area contributed by atoms with Gasteiger partial charge >= 0.3 is 5.97 Å². The molecule has 27 heavy (non-hydrogen) atoms. The van der Waals surface area contributed by atoms with Gasteiger partial charge in [0.15, 0.2) is 5.82 Å². The van der Waals surface area contributed by atoms with Crippen LogP contribution in [0, 0.1) is 23.5 Å². The molecule has 1 aromatic heterocycles. The highest BCUT2D eigenvalue weighted by Gasteiger charge is 2.47. The second-order valence-corrected chi connectivity index (χ2v) is 7.96. The molecular weight excluding hydrogens is 356 g/mol. The molecule has 3 fully saturated rings. The standard InChI is InChI=1S/C19H19F2N3O3/c20-13-4-11-16(24(9-1-2-9)6-12(18(11)25)19(26)27)15(21)17(13)23-5-8-3-10(8)14(22)7-23/h4,6,8-10,14H,1-3,5,7,22H2,(H,26,27)/t8-,10-,14-/m1/s1. The molecule has 2 heterocycles. The molecule has 3 aliphatic rings. The number of aromatic carboxylic acids is 1. The zero-order valence-electron chi connectivity index (χ0n) is 14.5. The van der Waals surface area contributed by atoms with Gasteiger partial charge in [0.2, 0.25) is 5.43 Å². The number of halogens is 2. The highest BCUT2D eigenvalue weighted by Crippen LogP contribution is 2.46. The van der Waals surface area contributed by atoms with Crippen molar-refractivity contribution in [2.24, 2.45) is 17.6 Å². The Morgan fingerprint density at radius 2 is 2.00 bits per heavy atom. The summed E-state index contributed by atoms with van der Waals surface area (Å²) in [5, 5.41) is 9.06. The number of pyridine rings is 1. The van der Waals surface area contributed by atoms with Crippen LogP contribution in [0.5, 0.6) is 0 Å². The predicted octanol–water partition coefficient (Wildman–Crippen LogP) is 2.10. The van der Waals surface area contributed by atoms with E-state index >= 15 is 4.39 Å². The highest BCUT2D eigenvalue weighted by molar-refractivity contribution is 5.94. The molecule has 0 radical (unpaired) electrons. The van der Waals surface area contributed by atoms with Gasteiger partial charge in [-0.3, -0.25) is 4.79 Å². The van der Waals surface area contributed by atoms with Crippen LogP contribution < -0.4 is 16.1 Å². The van der Waals surface area contributed by atoms with E-state index in [0.29, 0.717) is 24.9 Å². The van der Waals surface area contributed by atoms with Gasteiger partial charge < -0.3 is 20.3 Å². The molecule has 6 nitrogen and oxygen atoms in total. The first-order chi connectivity index (χ1) is 12.9. The number of carboxylic acids is 1. The van der Waals surface area contributed by atoms with Crippen molar-refractivity contribution in [3.05, 3.63) is 39.7 Å². The number of piperidine rings is 1. The van der Waals surface area contributed by atoms with Crippen molar-refractivity contribution < 1.29 is 18.7 Å². The Morgan fingerprint density at radius 1 is 1.26 bits per heavy atom. The quantitative estimate of drug-likeness (QED) is 0.858. The van der Waals surface area contributed by atoms with E-state index in [1.54, 1.807) is 4.90 Å². The summed E-state index contributed by atoms with van der Waals surface area (Å²) in [6, 6.07) is 0.778. The number of aromatic nitrogens is 1. The predicted molar refractivity (Wildman–Crippen MR) is 95.1 cm³/mol. The topological polar surface area (TPSA) is 88.6 Å². The first-order valence-corrected chi connectivity index (χ1v) is 9.17. The van der Waals surface area contributed by atoms with Gasteiger partial charge in [0, 0.05) is 31.4 Å². The Labute approximate surface area is 153 Å². The minimum absolute atomic E-state index is 0.0182. The second kappa shape index (κ2) is 5.51. The third-order valence-electron chi connectivity index (χ3n) is 6.08. The maximum atomic E-state index is 15.5. The molecule has 0 amide bonds. The number of hydrogen-bond acceptors (Lipinski definition) is 4. The second-order valence-electron chi connectivity index (χ2n) is 7.96. The summed E-state index contributed by atoms with van der Waals surface area (Å²) >= 11 is 0. The Bertz CT molecular complexity index is 1050. The fourth-order valence-corrected chi connectivity index (χ4v) is 4.45. The van der Waals surface area contributed by atoms with Crippen LogP contribution in [0.3, 0.4) is 0 Å². The maximum absolute atomic E-state index is 15.5. The van der Waals surface area contributed by atoms with E-state index in [9.17, 15) is 19.1 Å². The van der Waals surface area contributed by atoms with Crippen molar-refractivity contribution in [3.63, 3.8) is 0 Å². The van der Waals surface area contributed by atoms with E-state index < -0.39 is 28.6 Å². The molecule has 2 aromatic rings.